The quantitative estimate of drug-likeness (QED) is 0.0789. The molecular formula is C50H45N11O3S2. The highest BCUT2D eigenvalue weighted by Crippen LogP contribution is 2.48. The van der Waals surface area contributed by atoms with E-state index in [0.717, 1.165) is 69.4 Å². The van der Waals surface area contributed by atoms with Gasteiger partial charge in [0, 0.05) is 85.7 Å². The summed E-state index contributed by atoms with van der Waals surface area (Å²) in [5.74, 6) is 4.56. The van der Waals surface area contributed by atoms with Crippen molar-refractivity contribution >= 4 is 54.7 Å². The third kappa shape index (κ3) is 8.61. The van der Waals surface area contributed by atoms with Crippen LogP contribution in [0.3, 0.4) is 0 Å². The smallest absolute Gasteiger partial charge is 0.199 e. The molecule has 14 nitrogen and oxygen atoms in total. The van der Waals surface area contributed by atoms with E-state index in [1.54, 1.807) is 49.3 Å². The molecule has 0 bridgehead atoms. The zero-order valence-corrected chi connectivity index (χ0v) is 38.1. The lowest BCUT2D eigenvalue weighted by Gasteiger charge is -2.13. The van der Waals surface area contributed by atoms with E-state index in [1.165, 1.54) is 0 Å². The third-order valence-corrected chi connectivity index (χ3v) is 13.3. The number of anilines is 2. The van der Waals surface area contributed by atoms with E-state index >= 15 is 0 Å². The van der Waals surface area contributed by atoms with E-state index in [9.17, 15) is 0 Å². The van der Waals surface area contributed by atoms with Gasteiger partial charge in [0.25, 0.3) is 0 Å². The number of rotatable bonds is 18. The first-order valence-corrected chi connectivity index (χ1v) is 23.1. The Bertz CT molecular complexity index is 3240. The monoisotopic (exact) mass is 911 g/mol. The predicted molar refractivity (Wildman–Crippen MR) is 264 cm³/mol. The maximum Gasteiger partial charge on any atom is 0.199 e. The van der Waals surface area contributed by atoms with Gasteiger partial charge in [-0.05, 0) is 41.0 Å². The third-order valence-electron chi connectivity index (χ3n) is 11.0. The fourth-order valence-electron chi connectivity index (χ4n) is 7.91. The number of aryl methyl sites for hydroxylation is 1. The van der Waals surface area contributed by atoms with E-state index in [0.29, 0.717) is 74.4 Å². The number of imidazole rings is 2. The van der Waals surface area contributed by atoms with Gasteiger partial charge in [0.2, 0.25) is 0 Å². The normalized spacial score (nSPS) is 11.4. The number of ether oxygens (including phenoxy) is 3. The van der Waals surface area contributed by atoms with E-state index in [-0.39, 0.29) is 0 Å². The van der Waals surface area contributed by atoms with Crippen molar-refractivity contribution in [2.75, 3.05) is 57.8 Å². The molecule has 0 saturated carbocycles. The molecule has 0 radical (unpaired) electrons. The summed E-state index contributed by atoms with van der Waals surface area (Å²) in [6.45, 7) is 2.96. The van der Waals surface area contributed by atoms with Crippen LogP contribution in [0.2, 0.25) is 0 Å². The number of fused-ring (bicyclic) bond motifs is 2. The number of pyridine rings is 1. The number of aromatic nitrogens is 9. The van der Waals surface area contributed by atoms with Gasteiger partial charge in [0.15, 0.2) is 23.3 Å². The summed E-state index contributed by atoms with van der Waals surface area (Å²) in [5.41, 5.74) is 6.08. The van der Waals surface area contributed by atoms with Crippen molar-refractivity contribution in [2.24, 2.45) is 7.05 Å². The highest BCUT2D eigenvalue weighted by Gasteiger charge is 2.25. The first kappa shape index (κ1) is 42.6. The minimum Gasteiger partial charge on any atom is -0.497 e. The van der Waals surface area contributed by atoms with Gasteiger partial charge in [-0.1, -0.05) is 78.9 Å². The van der Waals surface area contributed by atoms with Crippen molar-refractivity contribution in [1.82, 2.24) is 44.0 Å². The van der Waals surface area contributed by atoms with E-state index < -0.39 is 0 Å². The van der Waals surface area contributed by atoms with Crippen molar-refractivity contribution in [2.45, 2.75) is 6.54 Å². The Morgan fingerprint density at radius 1 is 0.576 bits per heavy atom. The van der Waals surface area contributed by atoms with Crippen molar-refractivity contribution in [3.63, 3.8) is 0 Å². The SMILES string of the molecule is COCCNc1nc(-c2nccn2CCOCCNc2nc(-c3nccn3C)nc3sc(-c4cccc(OC)c4)c(-c4ccccc4)c23)nc2sc(-c3ccccc3)c(-c3ccccn3)c12. The van der Waals surface area contributed by atoms with Gasteiger partial charge in [-0.2, -0.15) is 0 Å². The van der Waals surface area contributed by atoms with Gasteiger partial charge in [0.05, 0.1) is 43.4 Å². The number of benzene rings is 3. The fraction of sp³-hybridized carbons (Fsp3) is 0.180. The Kier molecular flexibility index (Phi) is 12.5. The summed E-state index contributed by atoms with van der Waals surface area (Å²) in [5, 5.41) is 9.00. The second-order valence-electron chi connectivity index (χ2n) is 15.2. The minimum atomic E-state index is 0.421. The number of nitrogens with one attached hydrogen (secondary N) is 2. The summed E-state index contributed by atoms with van der Waals surface area (Å²) >= 11 is 3.25. The number of methoxy groups -OCH3 is 2. The summed E-state index contributed by atoms with van der Waals surface area (Å²) in [6.07, 6.45) is 9.18. The van der Waals surface area contributed by atoms with Crippen LogP contribution in [-0.2, 0) is 23.1 Å². The molecule has 2 N–H and O–H groups in total. The molecule has 10 rings (SSSR count). The summed E-state index contributed by atoms with van der Waals surface area (Å²) in [7, 11) is 5.32. The second kappa shape index (κ2) is 19.4. The Balaban J connectivity index is 0.916. The molecular weight excluding hydrogens is 867 g/mol. The lowest BCUT2D eigenvalue weighted by Crippen LogP contribution is -2.15. The molecule has 0 saturated heterocycles. The number of hydrogen-bond donors (Lipinski definition) is 2. The van der Waals surface area contributed by atoms with Crippen molar-refractivity contribution < 1.29 is 14.2 Å². The molecule has 0 fully saturated rings. The lowest BCUT2D eigenvalue weighted by atomic mass is 9.99. The van der Waals surface area contributed by atoms with Crippen LogP contribution in [0.5, 0.6) is 5.75 Å². The second-order valence-corrected chi connectivity index (χ2v) is 17.2. The van der Waals surface area contributed by atoms with Crippen LogP contribution < -0.4 is 15.4 Å². The van der Waals surface area contributed by atoms with Gasteiger partial charge in [0.1, 0.15) is 27.0 Å². The first-order valence-electron chi connectivity index (χ1n) is 21.5. The molecule has 330 valence electrons. The molecule has 0 unspecified atom stereocenters. The van der Waals surface area contributed by atoms with Crippen molar-refractivity contribution in [1.29, 1.82) is 0 Å². The molecule has 0 aliphatic rings. The average molecular weight is 912 g/mol. The Morgan fingerprint density at radius 2 is 1.21 bits per heavy atom. The van der Waals surface area contributed by atoms with Gasteiger partial charge < -0.3 is 34.0 Å². The van der Waals surface area contributed by atoms with Crippen LogP contribution in [0.25, 0.3) is 87.0 Å². The molecule has 0 atom stereocenters. The zero-order valence-electron chi connectivity index (χ0n) is 36.5. The molecule has 0 spiro atoms. The Morgan fingerprint density at radius 3 is 1.89 bits per heavy atom. The van der Waals surface area contributed by atoms with Gasteiger partial charge in [-0.25, -0.2) is 29.9 Å². The summed E-state index contributed by atoms with van der Waals surface area (Å²) in [4.78, 5) is 38.4. The van der Waals surface area contributed by atoms with E-state index in [4.69, 9.17) is 44.1 Å². The standard InChI is InChI=1S/C50H45N11O3S2/c1-60-25-21-54-47(60)45-56-43(39-37(32-13-6-4-7-14-32)42(66-49(39)58-45)34-17-12-18-35(31-34)63-3)53-24-29-64-30-27-61-26-22-55-48(61)46-57-44(52-23-28-62-2)40-38(36-19-10-11-20-51-36)41(65-50(40)59-46)33-15-8-5-9-16-33/h4-22,25-26,31H,23-24,27-30H2,1-3H3,(H,52,57,59)(H,53,56,58). The highest BCUT2D eigenvalue weighted by atomic mass is 32.1. The minimum absolute atomic E-state index is 0.421. The van der Waals surface area contributed by atoms with Crippen LogP contribution in [0.4, 0.5) is 11.6 Å². The van der Waals surface area contributed by atoms with Crippen LogP contribution >= 0.6 is 22.7 Å². The molecule has 10 aromatic rings. The number of hydrogen-bond acceptors (Lipinski definition) is 14. The predicted octanol–water partition coefficient (Wildman–Crippen LogP) is 10.2. The molecule has 0 amide bonds. The molecule has 66 heavy (non-hydrogen) atoms. The van der Waals surface area contributed by atoms with Crippen LogP contribution in [-0.4, -0.2) is 91.2 Å². The van der Waals surface area contributed by atoms with Crippen LogP contribution in [0, 0.1) is 0 Å². The Hall–Kier alpha value is -7.37. The summed E-state index contributed by atoms with van der Waals surface area (Å²) in [6, 6.07) is 34.8. The molecule has 7 heterocycles. The van der Waals surface area contributed by atoms with Gasteiger partial charge in [-0.3, -0.25) is 4.98 Å². The summed E-state index contributed by atoms with van der Waals surface area (Å²) < 4.78 is 21.3. The highest BCUT2D eigenvalue weighted by molar-refractivity contribution is 7.23. The Labute approximate surface area is 389 Å². The lowest BCUT2D eigenvalue weighted by molar-refractivity contribution is 0.136. The topological polar surface area (TPSA) is 152 Å². The molecule has 7 aromatic heterocycles. The van der Waals surface area contributed by atoms with E-state index in [1.807, 2.05) is 89.4 Å². The fourth-order valence-corrected chi connectivity index (χ4v) is 10.3. The van der Waals surface area contributed by atoms with Crippen LogP contribution in [0.1, 0.15) is 0 Å². The van der Waals surface area contributed by atoms with Crippen molar-refractivity contribution in [3.8, 4) is 72.3 Å². The van der Waals surface area contributed by atoms with E-state index in [2.05, 4.69) is 64.1 Å². The maximum absolute atomic E-state index is 6.29. The van der Waals surface area contributed by atoms with Gasteiger partial charge in [-0.15, -0.1) is 22.7 Å². The van der Waals surface area contributed by atoms with Gasteiger partial charge >= 0.3 is 0 Å². The molecule has 3 aromatic carbocycles. The molecule has 0 aliphatic carbocycles. The average Bonchev–Trinajstić information content (AvgIpc) is 4.19. The maximum atomic E-state index is 6.29. The van der Waals surface area contributed by atoms with Crippen molar-refractivity contribution in [3.05, 3.63) is 134 Å². The first-order chi connectivity index (χ1) is 32.6. The van der Waals surface area contributed by atoms with Crippen LogP contribution in [0.15, 0.2) is 134 Å². The number of thiophene rings is 2. The zero-order chi connectivity index (χ0) is 44.8. The number of nitrogens with zero attached hydrogens (tertiary/aromatic N) is 9. The largest absolute Gasteiger partial charge is 0.497 e. The molecule has 0 aliphatic heterocycles. The molecule has 16 heteroatoms.